The number of benzene rings is 4. The Labute approximate surface area is 208 Å². The standard InChI is InChI=1S/C34H30O/c1-5-6-10-22(2)33-28-21-25(19-20-31(28)35-33)23-15-17-24(18-16-23)26-12-9-14-30-32(26)27-11-7-8-13-29(27)34(30,3)4/h5-22,33H,1H2,2-4H3/b10-6-. The summed E-state index contributed by atoms with van der Waals surface area (Å²) in [5, 5.41) is 0. The molecule has 1 heterocycles. The highest BCUT2D eigenvalue weighted by atomic mass is 16.5. The number of hydrogen-bond donors (Lipinski definition) is 0. The van der Waals surface area contributed by atoms with E-state index >= 15 is 0 Å². The molecule has 0 radical (unpaired) electrons. The Hall–Kier alpha value is -3.84. The van der Waals surface area contributed by atoms with E-state index in [1.54, 1.807) is 0 Å². The lowest BCUT2D eigenvalue weighted by Crippen LogP contribution is -2.24. The number of rotatable bonds is 5. The first-order chi connectivity index (χ1) is 17.0. The maximum atomic E-state index is 6.01. The molecule has 0 spiro atoms. The molecule has 35 heavy (non-hydrogen) atoms. The van der Waals surface area contributed by atoms with Gasteiger partial charge in [-0.1, -0.05) is 118 Å². The van der Waals surface area contributed by atoms with Gasteiger partial charge >= 0.3 is 0 Å². The van der Waals surface area contributed by atoms with Crippen molar-refractivity contribution in [1.29, 1.82) is 0 Å². The minimum Gasteiger partial charge on any atom is -0.485 e. The number of hydrogen-bond acceptors (Lipinski definition) is 1. The zero-order valence-electron chi connectivity index (χ0n) is 20.6. The van der Waals surface area contributed by atoms with Gasteiger partial charge in [0.1, 0.15) is 11.9 Å². The van der Waals surface area contributed by atoms with Crippen LogP contribution in [0.1, 0.15) is 43.6 Å². The molecule has 0 saturated carbocycles. The predicted molar refractivity (Wildman–Crippen MR) is 147 cm³/mol. The van der Waals surface area contributed by atoms with Gasteiger partial charge in [-0.3, -0.25) is 0 Å². The van der Waals surface area contributed by atoms with Crippen molar-refractivity contribution < 1.29 is 4.74 Å². The van der Waals surface area contributed by atoms with Crippen LogP contribution in [0.2, 0.25) is 0 Å². The molecule has 172 valence electrons. The second-order valence-corrected chi connectivity index (χ2v) is 10.2. The zero-order chi connectivity index (χ0) is 24.2. The van der Waals surface area contributed by atoms with Crippen molar-refractivity contribution in [3.05, 3.63) is 126 Å². The topological polar surface area (TPSA) is 9.23 Å². The van der Waals surface area contributed by atoms with E-state index in [-0.39, 0.29) is 11.5 Å². The maximum Gasteiger partial charge on any atom is 0.133 e. The van der Waals surface area contributed by atoms with Crippen molar-refractivity contribution in [2.75, 3.05) is 0 Å². The number of fused-ring (bicyclic) bond motifs is 4. The minimum atomic E-state index is 0.0182. The van der Waals surface area contributed by atoms with E-state index in [4.69, 9.17) is 4.74 Å². The lowest BCUT2D eigenvalue weighted by Gasteiger charge is -2.34. The van der Waals surface area contributed by atoms with Gasteiger partial charge in [-0.25, -0.2) is 0 Å². The van der Waals surface area contributed by atoms with Crippen molar-refractivity contribution >= 4 is 0 Å². The van der Waals surface area contributed by atoms with Crippen LogP contribution in [0.25, 0.3) is 33.4 Å². The van der Waals surface area contributed by atoms with Crippen LogP contribution in [0.4, 0.5) is 0 Å². The summed E-state index contributed by atoms with van der Waals surface area (Å²) in [7, 11) is 0. The smallest absolute Gasteiger partial charge is 0.133 e. The molecule has 1 heteroatoms. The van der Waals surface area contributed by atoms with E-state index in [1.807, 2.05) is 12.2 Å². The zero-order valence-corrected chi connectivity index (χ0v) is 20.6. The van der Waals surface area contributed by atoms with Crippen LogP contribution in [0, 0.1) is 5.92 Å². The fraction of sp³-hybridized carbons (Fsp3) is 0.176. The second kappa shape index (κ2) is 8.13. The van der Waals surface area contributed by atoms with Gasteiger partial charge in [0.25, 0.3) is 0 Å². The van der Waals surface area contributed by atoms with E-state index in [2.05, 4.69) is 118 Å². The van der Waals surface area contributed by atoms with Crippen LogP contribution in [-0.2, 0) is 5.41 Å². The Morgan fingerprint density at radius 3 is 2.29 bits per heavy atom. The summed E-state index contributed by atoms with van der Waals surface area (Å²) >= 11 is 0. The molecule has 0 aromatic heterocycles. The normalized spacial score (nSPS) is 17.6. The van der Waals surface area contributed by atoms with E-state index in [9.17, 15) is 0 Å². The van der Waals surface area contributed by atoms with Gasteiger partial charge in [0, 0.05) is 16.9 Å². The quantitative estimate of drug-likeness (QED) is 0.273. The van der Waals surface area contributed by atoms with Gasteiger partial charge in [-0.05, 0) is 56.6 Å². The van der Waals surface area contributed by atoms with Crippen LogP contribution < -0.4 is 4.74 Å². The third-order valence-electron chi connectivity index (χ3n) is 7.74. The summed E-state index contributed by atoms with van der Waals surface area (Å²) < 4.78 is 6.01. The molecule has 2 aliphatic rings. The summed E-state index contributed by atoms with van der Waals surface area (Å²) in [5.41, 5.74) is 11.9. The summed E-state index contributed by atoms with van der Waals surface area (Å²) in [6.07, 6.45) is 6.07. The molecule has 4 aromatic rings. The highest BCUT2D eigenvalue weighted by molar-refractivity contribution is 5.92. The van der Waals surface area contributed by atoms with Gasteiger partial charge in [-0.2, -0.15) is 0 Å². The fourth-order valence-electron chi connectivity index (χ4n) is 5.78. The first-order valence-corrected chi connectivity index (χ1v) is 12.4. The molecule has 0 N–H and O–H groups in total. The summed E-state index contributed by atoms with van der Waals surface area (Å²) in [5.74, 6) is 1.31. The molecule has 1 aliphatic carbocycles. The molecule has 0 fully saturated rings. The second-order valence-electron chi connectivity index (χ2n) is 10.2. The average molecular weight is 455 g/mol. The monoisotopic (exact) mass is 454 g/mol. The van der Waals surface area contributed by atoms with E-state index in [0.717, 1.165) is 5.75 Å². The Kier molecular flexibility index (Phi) is 5.04. The molecular formula is C34H30O. The van der Waals surface area contributed by atoms with Crippen molar-refractivity contribution in [2.24, 2.45) is 5.92 Å². The van der Waals surface area contributed by atoms with Crippen LogP contribution in [-0.4, -0.2) is 0 Å². The van der Waals surface area contributed by atoms with Gasteiger partial charge < -0.3 is 4.74 Å². The van der Waals surface area contributed by atoms with E-state index < -0.39 is 0 Å². The lowest BCUT2D eigenvalue weighted by molar-refractivity contribution is 0.112. The van der Waals surface area contributed by atoms with Gasteiger partial charge in [0.2, 0.25) is 0 Å². The Morgan fingerprint density at radius 2 is 1.49 bits per heavy atom. The molecule has 6 rings (SSSR count). The van der Waals surface area contributed by atoms with Crippen molar-refractivity contribution in [3.63, 3.8) is 0 Å². The molecule has 4 aromatic carbocycles. The van der Waals surface area contributed by atoms with Crippen LogP contribution in [0.3, 0.4) is 0 Å². The highest BCUT2D eigenvalue weighted by Crippen LogP contribution is 2.52. The molecule has 1 nitrogen and oxygen atoms in total. The highest BCUT2D eigenvalue weighted by Gasteiger charge is 2.36. The molecule has 0 saturated heterocycles. The summed E-state index contributed by atoms with van der Waals surface area (Å²) in [6, 6.07) is 31.2. The first-order valence-electron chi connectivity index (χ1n) is 12.4. The maximum absolute atomic E-state index is 6.01. The van der Waals surface area contributed by atoms with Gasteiger partial charge in [-0.15, -0.1) is 0 Å². The summed E-state index contributed by atoms with van der Waals surface area (Å²) in [4.78, 5) is 0. The minimum absolute atomic E-state index is 0.0182. The lowest BCUT2D eigenvalue weighted by atomic mass is 9.82. The molecule has 0 amide bonds. The Balaban J connectivity index is 1.35. The first kappa shape index (κ1) is 21.7. The number of ether oxygens (including phenoxy) is 1. The van der Waals surface area contributed by atoms with Crippen LogP contribution >= 0.6 is 0 Å². The molecule has 2 atom stereocenters. The largest absolute Gasteiger partial charge is 0.485 e. The predicted octanol–water partition coefficient (Wildman–Crippen LogP) is 9.14. The molecule has 0 bridgehead atoms. The number of allylic oxidation sites excluding steroid dienone is 2. The molecule has 1 aliphatic heterocycles. The Morgan fingerprint density at radius 1 is 0.800 bits per heavy atom. The third-order valence-corrected chi connectivity index (χ3v) is 7.74. The van der Waals surface area contributed by atoms with Gasteiger partial charge in [0.05, 0.1) is 0 Å². The Bertz CT molecular complexity index is 1470. The van der Waals surface area contributed by atoms with Crippen LogP contribution in [0.5, 0.6) is 5.75 Å². The van der Waals surface area contributed by atoms with Crippen molar-refractivity contribution in [3.8, 4) is 39.1 Å². The molecular weight excluding hydrogens is 424 g/mol. The average Bonchev–Trinajstić information content (AvgIpc) is 3.11. The van der Waals surface area contributed by atoms with Crippen LogP contribution in [0.15, 0.2) is 110 Å². The third kappa shape index (κ3) is 3.38. The molecule has 2 unspecified atom stereocenters. The van der Waals surface area contributed by atoms with Crippen molar-refractivity contribution in [2.45, 2.75) is 32.3 Å². The van der Waals surface area contributed by atoms with E-state index in [0.29, 0.717) is 5.92 Å². The fourth-order valence-corrected chi connectivity index (χ4v) is 5.78. The summed E-state index contributed by atoms with van der Waals surface area (Å²) in [6.45, 7) is 10.6. The SMILES string of the molecule is C=C/C=C\C(C)C1Oc2ccc(-c3ccc(-c4cccc5c4-c4ccccc4C5(C)C)cc3)cc21. The van der Waals surface area contributed by atoms with E-state index in [1.165, 1.54) is 50.1 Å². The van der Waals surface area contributed by atoms with Crippen molar-refractivity contribution in [1.82, 2.24) is 0 Å². The van der Waals surface area contributed by atoms with Gasteiger partial charge in [0.15, 0.2) is 0 Å².